The molecule has 0 N–H and O–H groups in total. The fourth-order valence-electron chi connectivity index (χ4n) is 4.07. The van der Waals surface area contributed by atoms with E-state index in [2.05, 4.69) is 65.3 Å². The SMILES string of the molecule is CC#CC(CC(=O)[O-])c1ccc(OCc2ccc(CN3Cc4ccccc4C3)cc2)cc1.[Na+]. The molecule has 5 heteroatoms. The van der Waals surface area contributed by atoms with Gasteiger partial charge in [-0.2, -0.15) is 0 Å². The number of carbonyl (C=O) groups is 1. The minimum atomic E-state index is -1.10. The van der Waals surface area contributed by atoms with Crippen molar-refractivity contribution >= 4 is 5.97 Å². The fourth-order valence-corrected chi connectivity index (χ4v) is 4.07. The number of fused-ring (bicyclic) bond motifs is 1. The molecule has 3 aromatic carbocycles. The van der Waals surface area contributed by atoms with Gasteiger partial charge in [0.25, 0.3) is 0 Å². The molecule has 4 rings (SSSR count). The zero-order valence-electron chi connectivity index (χ0n) is 19.2. The Bertz CT molecular complexity index is 1110. The molecule has 33 heavy (non-hydrogen) atoms. The number of hydrogen-bond acceptors (Lipinski definition) is 4. The third-order valence-electron chi connectivity index (χ3n) is 5.71. The first-order chi connectivity index (χ1) is 15.6. The summed E-state index contributed by atoms with van der Waals surface area (Å²) in [6.07, 6.45) is -0.114. The van der Waals surface area contributed by atoms with Crippen LogP contribution in [-0.4, -0.2) is 10.9 Å². The Labute approximate surface area is 217 Å². The zero-order valence-corrected chi connectivity index (χ0v) is 21.2. The van der Waals surface area contributed by atoms with E-state index in [0.717, 1.165) is 36.5 Å². The molecule has 0 aliphatic carbocycles. The van der Waals surface area contributed by atoms with Crippen molar-refractivity contribution in [2.75, 3.05) is 0 Å². The Hall–Kier alpha value is -2.55. The van der Waals surface area contributed by atoms with Gasteiger partial charge in [0.1, 0.15) is 12.4 Å². The molecule has 0 saturated carbocycles. The number of aliphatic carboxylic acids is 1. The predicted molar refractivity (Wildman–Crippen MR) is 122 cm³/mol. The second-order valence-corrected chi connectivity index (χ2v) is 8.11. The van der Waals surface area contributed by atoms with Gasteiger partial charge in [0, 0.05) is 32.0 Å². The Morgan fingerprint density at radius 3 is 2.15 bits per heavy atom. The van der Waals surface area contributed by atoms with Crippen LogP contribution in [0.1, 0.15) is 47.1 Å². The maximum atomic E-state index is 10.9. The summed E-state index contributed by atoms with van der Waals surface area (Å²) in [5, 5.41) is 10.9. The Balaban J connectivity index is 0.00000306. The number of rotatable bonds is 8. The van der Waals surface area contributed by atoms with E-state index in [1.807, 2.05) is 24.3 Å². The number of carboxylic acid groups (broad SMARTS) is 1. The smallest absolute Gasteiger partial charge is 0.550 e. The number of carboxylic acids is 1. The molecule has 0 bridgehead atoms. The molecule has 0 amide bonds. The van der Waals surface area contributed by atoms with Crippen molar-refractivity contribution in [1.29, 1.82) is 0 Å². The van der Waals surface area contributed by atoms with Crippen LogP contribution in [0, 0.1) is 11.8 Å². The van der Waals surface area contributed by atoms with E-state index in [-0.39, 0.29) is 41.9 Å². The molecule has 0 saturated heterocycles. The molecule has 0 aromatic heterocycles. The quantitative estimate of drug-likeness (QED) is 0.383. The number of hydrogen-bond donors (Lipinski definition) is 0. The van der Waals surface area contributed by atoms with Crippen molar-refractivity contribution in [2.24, 2.45) is 0 Å². The molecule has 4 nitrogen and oxygen atoms in total. The summed E-state index contributed by atoms with van der Waals surface area (Å²) < 4.78 is 5.91. The molecule has 0 radical (unpaired) electrons. The molecule has 1 atom stereocenters. The maximum absolute atomic E-state index is 10.9. The van der Waals surface area contributed by atoms with Crippen LogP contribution >= 0.6 is 0 Å². The van der Waals surface area contributed by atoms with Crippen LogP contribution in [0.25, 0.3) is 0 Å². The average molecular weight is 448 g/mol. The van der Waals surface area contributed by atoms with Gasteiger partial charge in [0.05, 0.1) is 5.92 Å². The summed E-state index contributed by atoms with van der Waals surface area (Å²) in [4.78, 5) is 13.4. The van der Waals surface area contributed by atoms with Crippen LogP contribution < -0.4 is 39.4 Å². The van der Waals surface area contributed by atoms with Gasteiger partial charge in [-0.25, -0.2) is 0 Å². The molecule has 3 aromatic rings. The van der Waals surface area contributed by atoms with Gasteiger partial charge in [-0.1, -0.05) is 66.6 Å². The van der Waals surface area contributed by atoms with Crippen LogP contribution in [0.4, 0.5) is 0 Å². The number of ether oxygens (including phenoxy) is 1. The Morgan fingerprint density at radius 2 is 1.58 bits per heavy atom. The van der Waals surface area contributed by atoms with E-state index in [0.29, 0.717) is 6.61 Å². The fraction of sp³-hybridized carbons (Fsp3) is 0.250. The van der Waals surface area contributed by atoms with E-state index >= 15 is 0 Å². The first-order valence-electron chi connectivity index (χ1n) is 10.8. The summed E-state index contributed by atoms with van der Waals surface area (Å²) >= 11 is 0. The van der Waals surface area contributed by atoms with Crippen molar-refractivity contribution in [3.8, 4) is 17.6 Å². The van der Waals surface area contributed by atoms with Crippen LogP contribution in [-0.2, 0) is 31.0 Å². The summed E-state index contributed by atoms with van der Waals surface area (Å²) in [6.45, 7) is 5.13. The second-order valence-electron chi connectivity index (χ2n) is 8.11. The Kier molecular flexibility index (Phi) is 9.17. The third-order valence-corrected chi connectivity index (χ3v) is 5.71. The van der Waals surface area contributed by atoms with Crippen molar-refractivity contribution in [3.05, 3.63) is 101 Å². The topological polar surface area (TPSA) is 52.6 Å². The molecule has 1 heterocycles. The van der Waals surface area contributed by atoms with Gasteiger partial charge < -0.3 is 14.6 Å². The van der Waals surface area contributed by atoms with E-state index in [4.69, 9.17) is 4.74 Å². The van der Waals surface area contributed by atoms with Crippen molar-refractivity contribution in [2.45, 2.75) is 45.5 Å². The molecular formula is C28H26NNaO3. The van der Waals surface area contributed by atoms with Gasteiger partial charge in [-0.15, -0.1) is 5.92 Å². The van der Waals surface area contributed by atoms with Gasteiger partial charge >= 0.3 is 29.6 Å². The molecule has 1 unspecified atom stereocenters. The van der Waals surface area contributed by atoms with Crippen molar-refractivity contribution in [1.82, 2.24) is 4.90 Å². The largest absolute Gasteiger partial charge is 1.00 e. The second kappa shape index (κ2) is 12.1. The number of benzene rings is 3. The molecule has 1 aliphatic rings. The van der Waals surface area contributed by atoms with E-state index in [1.165, 1.54) is 16.7 Å². The van der Waals surface area contributed by atoms with Gasteiger partial charge in [-0.05, 0) is 46.9 Å². The molecule has 0 spiro atoms. The molecule has 162 valence electrons. The summed E-state index contributed by atoms with van der Waals surface area (Å²) in [6, 6.07) is 24.6. The van der Waals surface area contributed by atoms with Crippen molar-refractivity contribution < 1.29 is 44.2 Å². The molecule has 1 aliphatic heterocycles. The zero-order chi connectivity index (χ0) is 22.3. The van der Waals surface area contributed by atoms with Crippen LogP contribution in [0.15, 0.2) is 72.8 Å². The van der Waals surface area contributed by atoms with Gasteiger partial charge in [-0.3, -0.25) is 4.90 Å². The van der Waals surface area contributed by atoms with Crippen LogP contribution in [0.3, 0.4) is 0 Å². The minimum absolute atomic E-state index is 0. The predicted octanol–water partition coefficient (Wildman–Crippen LogP) is 1.03. The monoisotopic (exact) mass is 447 g/mol. The third kappa shape index (κ3) is 6.96. The Morgan fingerprint density at radius 1 is 0.970 bits per heavy atom. The first-order valence-corrected chi connectivity index (χ1v) is 10.8. The average Bonchev–Trinajstić information content (AvgIpc) is 3.21. The standard InChI is InChI=1S/C28H27NO3.Na/c1-2-5-24(16-28(30)31)23-12-14-27(15-13-23)32-20-22-10-8-21(9-11-22)17-29-18-25-6-3-4-7-26(25)19-29;/h3-4,6-15,24H,16-20H2,1H3,(H,30,31);/q;+1/p-1. The number of nitrogens with zero attached hydrogens (tertiary/aromatic N) is 1. The number of carbonyl (C=O) groups excluding carboxylic acids is 1. The van der Waals surface area contributed by atoms with Gasteiger partial charge in [0.2, 0.25) is 0 Å². The summed E-state index contributed by atoms with van der Waals surface area (Å²) in [5.41, 5.74) is 6.10. The van der Waals surface area contributed by atoms with Crippen molar-refractivity contribution in [3.63, 3.8) is 0 Å². The van der Waals surface area contributed by atoms with Crippen LogP contribution in [0.2, 0.25) is 0 Å². The summed E-state index contributed by atoms with van der Waals surface area (Å²) in [5.74, 6) is 4.99. The normalized spacial score (nSPS) is 13.2. The van der Waals surface area contributed by atoms with Gasteiger partial charge in [0.15, 0.2) is 0 Å². The minimum Gasteiger partial charge on any atom is -0.550 e. The first kappa shape index (κ1) is 25.1. The maximum Gasteiger partial charge on any atom is 1.00 e. The molecular weight excluding hydrogens is 421 g/mol. The van der Waals surface area contributed by atoms with E-state index in [1.54, 1.807) is 6.92 Å². The molecule has 0 fully saturated rings. The van der Waals surface area contributed by atoms with E-state index in [9.17, 15) is 9.90 Å². The van der Waals surface area contributed by atoms with Crippen LogP contribution in [0.5, 0.6) is 5.75 Å². The van der Waals surface area contributed by atoms with E-state index < -0.39 is 5.97 Å². The summed E-state index contributed by atoms with van der Waals surface area (Å²) in [7, 11) is 0.